The Labute approximate surface area is 120 Å². The van der Waals surface area contributed by atoms with Gasteiger partial charge >= 0.3 is 0 Å². The third-order valence-corrected chi connectivity index (χ3v) is 3.38. The monoisotopic (exact) mass is 274 g/mol. The zero-order chi connectivity index (χ0) is 14.4. The Bertz CT molecular complexity index is 551. The molecule has 0 saturated heterocycles. The van der Waals surface area contributed by atoms with Gasteiger partial charge in [0.15, 0.2) is 0 Å². The predicted octanol–water partition coefficient (Wildman–Crippen LogP) is 4.04. The second-order valence-electron chi connectivity index (χ2n) is 4.75. The highest BCUT2D eigenvalue weighted by molar-refractivity contribution is 5.93. The van der Waals surface area contributed by atoms with Gasteiger partial charge in [0.05, 0.1) is 19.8 Å². The lowest BCUT2D eigenvalue weighted by Crippen LogP contribution is -2.13. The van der Waals surface area contributed by atoms with Gasteiger partial charge in [-0.1, -0.05) is 31.2 Å². The maximum atomic E-state index is 5.83. The van der Waals surface area contributed by atoms with Gasteiger partial charge in [-0.2, -0.15) is 0 Å². The fourth-order valence-corrected chi connectivity index (χ4v) is 2.07. The summed E-state index contributed by atoms with van der Waals surface area (Å²) >= 11 is 0. The van der Waals surface area contributed by atoms with Gasteiger partial charge in [0.25, 0.3) is 0 Å². The molecule has 0 bridgehead atoms. The fourth-order valence-electron chi connectivity index (χ4n) is 2.07. The van der Waals surface area contributed by atoms with Crippen molar-refractivity contribution in [2.45, 2.75) is 26.4 Å². The van der Waals surface area contributed by atoms with E-state index in [1.165, 1.54) is 0 Å². The summed E-state index contributed by atoms with van der Waals surface area (Å²) in [6.07, 6.45) is 1.30. The summed E-state index contributed by atoms with van der Waals surface area (Å²) in [4.78, 5) is 0. The van der Waals surface area contributed by atoms with Gasteiger partial charge in [0.2, 0.25) is 0 Å². The summed E-state index contributed by atoms with van der Waals surface area (Å²) in [5.41, 5.74) is 0. The van der Waals surface area contributed by atoms with Crippen LogP contribution in [0.2, 0.25) is 0 Å². The lowest BCUT2D eigenvalue weighted by molar-refractivity contribution is 0.0430. The van der Waals surface area contributed by atoms with Crippen LogP contribution >= 0.6 is 0 Å². The molecule has 108 valence electrons. The van der Waals surface area contributed by atoms with Gasteiger partial charge in [0.1, 0.15) is 18.1 Å². The molecule has 0 radical (unpaired) electrons. The van der Waals surface area contributed by atoms with Gasteiger partial charge in [-0.25, -0.2) is 0 Å². The largest absolute Gasteiger partial charge is 0.496 e. The number of fused-ring (bicyclic) bond motifs is 1. The van der Waals surface area contributed by atoms with Crippen LogP contribution in [0.3, 0.4) is 0 Å². The van der Waals surface area contributed by atoms with E-state index in [1.54, 1.807) is 7.11 Å². The van der Waals surface area contributed by atoms with Crippen molar-refractivity contribution in [2.75, 3.05) is 20.3 Å². The van der Waals surface area contributed by atoms with Crippen LogP contribution in [0.1, 0.15) is 20.3 Å². The molecule has 0 aliphatic rings. The van der Waals surface area contributed by atoms with Crippen LogP contribution in [0.5, 0.6) is 11.5 Å². The molecule has 0 saturated carbocycles. The predicted molar refractivity (Wildman–Crippen MR) is 81.7 cm³/mol. The number of hydrogen-bond donors (Lipinski definition) is 0. The van der Waals surface area contributed by atoms with Crippen molar-refractivity contribution >= 4 is 10.8 Å². The maximum Gasteiger partial charge on any atom is 0.127 e. The van der Waals surface area contributed by atoms with Crippen LogP contribution in [0.15, 0.2) is 36.4 Å². The molecule has 2 rings (SSSR count). The second kappa shape index (κ2) is 7.15. The minimum atomic E-state index is 0.284. The smallest absolute Gasteiger partial charge is 0.127 e. The summed E-state index contributed by atoms with van der Waals surface area (Å²) in [5.74, 6) is 1.73. The van der Waals surface area contributed by atoms with E-state index in [2.05, 4.69) is 13.8 Å². The zero-order valence-electron chi connectivity index (χ0n) is 12.4. The van der Waals surface area contributed by atoms with E-state index in [-0.39, 0.29) is 6.10 Å². The number of benzene rings is 2. The number of ether oxygens (including phenoxy) is 3. The maximum absolute atomic E-state index is 5.83. The molecular weight excluding hydrogens is 252 g/mol. The Kier molecular flexibility index (Phi) is 5.24. The molecule has 3 heteroatoms. The number of methoxy groups -OCH3 is 1. The van der Waals surface area contributed by atoms with Crippen molar-refractivity contribution in [3.8, 4) is 11.5 Å². The first-order chi connectivity index (χ1) is 9.76. The van der Waals surface area contributed by atoms with Crippen molar-refractivity contribution in [1.29, 1.82) is 0 Å². The van der Waals surface area contributed by atoms with Gasteiger partial charge in [-0.05, 0) is 25.5 Å². The average molecular weight is 274 g/mol. The summed E-state index contributed by atoms with van der Waals surface area (Å²) < 4.78 is 16.8. The summed E-state index contributed by atoms with van der Waals surface area (Å²) in [6.45, 7) is 5.35. The van der Waals surface area contributed by atoms with Crippen molar-refractivity contribution in [1.82, 2.24) is 0 Å². The first-order valence-electron chi connectivity index (χ1n) is 7.06. The van der Waals surface area contributed by atoms with Crippen molar-refractivity contribution < 1.29 is 14.2 Å². The van der Waals surface area contributed by atoms with E-state index in [0.717, 1.165) is 28.7 Å². The third kappa shape index (κ3) is 3.42. The van der Waals surface area contributed by atoms with E-state index in [4.69, 9.17) is 14.2 Å². The quantitative estimate of drug-likeness (QED) is 0.713. The van der Waals surface area contributed by atoms with E-state index in [1.807, 2.05) is 36.4 Å². The van der Waals surface area contributed by atoms with Crippen LogP contribution in [0.4, 0.5) is 0 Å². The lowest BCUT2D eigenvalue weighted by Gasteiger charge is -2.13. The molecular formula is C17H22O3. The van der Waals surface area contributed by atoms with Gasteiger partial charge in [-0.15, -0.1) is 0 Å². The molecule has 1 atom stereocenters. The average Bonchev–Trinajstić information content (AvgIpc) is 2.50. The van der Waals surface area contributed by atoms with Crippen LogP contribution in [0.25, 0.3) is 10.8 Å². The SMILES string of the molecule is CCC(C)OCCOc1cccc2c(OC)cccc12. The molecule has 0 heterocycles. The highest BCUT2D eigenvalue weighted by atomic mass is 16.5. The highest BCUT2D eigenvalue weighted by Gasteiger charge is 2.06. The van der Waals surface area contributed by atoms with Gasteiger partial charge in [-0.3, -0.25) is 0 Å². The molecule has 0 aromatic heterocycles. The van der Waals surface area contributed by atoms with E-state index >= 15 is 0 Å². The normalized spacial score (nSPS) is 12.3. The molecule has 3 nitrogen and oxygen atoms in total. The first kappa shape index (κ1) is 14.7. The van der Waals surface area contributed by atoms with E-state index in [9.17, 15) is 0 Å². The van der Waals surface area contributed by atoms with E-state index in [0.29, 0.717) is 13.2 Å². The molecule has 0 spiro atoms. The molecule has 0 aliphatic carbocycles. The number of hydrogen-bond acceptors (Lipinski definition) is 3. The van der Waals surface area contributed by atoms with Crippen molar-refractivity contribution in [3.63, 3.8) is 0 Å². The van der Waals surface area contributed by atoms with Crippen molar-refractivity contribution in [2.24, 2.45) is 0 Å². The minimum Gasteiger partial charge on any atom is -0.496 e. The van der Waals surface area contributed by atoms with Crippen LogP contribution in [-0.4, -0.2) is 26.4 Å². The molecule has 1 unspecified atom stereocenters. The summed E-state index contributed by atoms with van der Waals surface area (Å²) in [5, 5.41) is 2.13. The molecule has 0 amide bonds. The van der Waals surface area contributed by atoms with Gasteiger partial charge < -0.3 is 14.2 Å². The number of rotatable bonds is 7. The Morgan fingerprint density at radius 2 is 1.60 bits per heavy atom. The Hall–Kier alpha value is -1.74. The Morgan fingerprint density at radius 3 is 2.25 bits per heavy atom. The van der Waals surface area contributed by atoms with Crippen LogP contribution in [-0.2, 0) is 4.74 Å². The first-order valence-corrected chi connectivity index (χ1v) is 7.06. The van der Waals surface area contributed by atoms with Crippen LogP contribution in [0, 0.1) is 0 Å². The molecule has 0 fully saturated rings. The summed E-state index contributed by atoms with van der Waals surface area (Å²) in [7, 11) is 1.68. The zero-order valence-corrected chi connectivity index (χ0v) is 12.4. The molecule has 2 aromatic carbocycles. The third-order valence-electron chi connectivity index (χ3n) is 3.38. The summed E-state index contributed by atoms with van der Waals surface area (Å²) in [6, 6.07) is 12.0. The topological polar surface area (TPSA) is 27.7 Å². The van der Waals surface area contributed by atoms with E-state index < -0.39 is 0 Å². The Balaban J connectivity index is 2.07. The molecule has 2 aromatic rings. The van der Waals surface area contributed by atoms with Crippen LogP contribution < -0.4 is 9.47 Å². The minimum absolute atomic E-state index is 0.284. The van der Waals surface area contributed by atoms with Gasteiger partial charge in [0, 0.05) is 10.8 Å². The molecule has 0 aliphatic heterocycles. The standard InChI is InChI=1S/C17H22O3/c1-4-13(2)19-11-12-20-17-10-6-7-14-15(17)8-5-9-16(14)18-3/h5-10,13H,4,11-12H2,1-3H3. The molecule has 20 heavy (non-hydrogen) atoms. The highest BCUT2D eigenvalue weighted by Crippen LogP contribution is 2.31. The van der Waals surface area contributed by atoms with Crippen molar-refractivity contribution in [3.05, 3.63) is 36.4 Å². The second-order valence-corrected chi connectivity index (χ2v) is 4.75. The lowest BCUT2D eigenvalue weighted by atomic mass is 10.1. The molecule has 0 N–H and O–H groups in total. The Morgan fingerprint density at radius 1 is 0.950 bits per heavy atom. The fraction of sp³-hybridized carbons (Fsp3) is 0.412.